The fourth-order valence-electron chi connectivity index (χ4n) is 2.73. The summed E-state index contributed by atoms with van der Waals surface area (Å²) in [5, 5.41) is 8.97. The third-order valence-corrected chi connectivity index (χ3v) is 4.16. The highest BCUT2D eigenvalue weighted by Crippen LogP contribution is 2.28. The number of fused-ring (bicyclic) bond motifs is 1. The summed E-state index contributed by atoms with van der Waals surface area (Å²) in [6.07, 6.45) is 0.460. The van der Waals surface area contributed by atoms with E-state index < -0.39 is 0 Å². The quantitative estimate of drug-likeness (QED) is 0.724. The van der Waals surface area contributed by atoms with E-state index in [0.717, 1.165) is 28.2 Å². The van der Waals surface area contributed by atoms with Crippen molar-refractivity contribution in [3.63, 3.8) is 0 Å². The minimum atomic E-state index is 0.460. The van der Waals surface area contributed by atoms with Crippen LogP contribution in [0.25, 0.3) is 22.4 Å². The standard InChI is InChI=1S/C19H19N3O/c1-13-11-17-18(12-14(13)2)22(10-4-9-20)19(21-17)15-5-7-16(23-3)8-6-15/h5-8,11-12H,4,10H2,1-3H3. The second-order valence-corrected chi connectivity index (χ2v) is 5.65. The molecule has 0 radical (unpaired) electrons. The molecule has 0 aliphatic carbocycles. The number of hydrogen-bond donors (Lipinski definition) is 0. The molecule has 4 heteroatoms. The Bertz CT molecular complexity index is 886. The van der Waals surface area contributed by atoms with Crippen molar-refractivity contribution in [2.45, 2.75) is 26.8 Å². The van der Waals surface area contributed by atoms with E-state index in [-0.39, 0.29) is 0 Å². The summed E-state index contributed by atoms with van der Waals surface area (Å²) in [7, 11) is 1.66. The zero-order chi connectivity index (χ0) is 16.4. The molecule has 3 rings (SSSR count). The summed E-state index contributed by atoms with van der Waals surface area (Å²) in [5.41, 5.74) is 5.53. The molecule has 0 saturated heterocycles. The maximum atomic E-state index is 8.97. The first-order valence-electron chi connectivity index (χ1n) is 7.63. The topological polar surface area (TPSA) is 50.8 Å². The van der Waals surface area contributed by atoms with Crippen LogP contribution in [0.15, 0.2) is 36.4 Å². The van der Waals surface area contributed by atoms with Crippen molar-refractivity contribution in [2.24, 2.45) is 0 Å². The predicted octanol–water partition coefficient (Wildman–Crippen LogP) is 4.24. The lowest BCUT2D eigenvalue weighted by atomic mass is 10.1. The van der Waals surface area contributed by atoms with Gasteiger partial charge < -0.3 is 9.30 Å². The Hall–Kier alpha value is -2.80. The Morgan fingerprint density at radius 2 is 1.83 bits per heavy atom. The monoisotopic (exact) mass is 305 g/mol. The summed E-state index contributed by atoms with van der Waals surface area (Å²) in [5.74, 6) is 1.71. The van der Waals surface area contributed by atoms with E-state index in [2.05, 4.69) is 36.6 Å². The van der Waals surface area contributed by atoms with Gasteiger partial charge in [-0.05, 0) is 61.4 Å². The third kappa shape index (κ3) is 2.78. The van der Waals surface area contributed by atoms with Crippen LogP contribution in [-0.2, 0) is 6.54 Å². The second kappa shape index (κ2) is 6.13. The van der Waals surface area contributed by atoms with Gasteiger partial charge in [-0.15, -0.1) is 0 Å². The van der Waals surface area contributed by atoms with Crippen LogP contribution in [0.5, 0.6) is 5.75 Å². The highest BCUT2D eigenvalue weighted by molar-refractivity contribution is 5.82. The molecule has 0 saturated carbocycles. The van der Waals surface area contributed by atoms with Crippen molar-refractivity contribution in [2.75, 3.05) is 7.11 Å². The minimum absolute atomic E-state index is 0.460. The molecule has 116 valence electrons. The number of rotatable bonds is 4. The van der Waals surface area contributed by atoms with Gasteiger partial charge in [0.2, 0.25) is 0 Å². The van der Waals surface area contributed by atoms with Gasteiger partial charge in [-0.1, -0.05) is 0 Å². The molecule has 0 unspecified atom stereocenters. The predicted molar refractivity (Wildman–Crippen MR) is 91.4 cm³/mol. The van der Waals surface area contributed by atoms with E-state index in [1.807, 2.05) is 24.3 Å². The van der Waals surface area contributed by atoms with Gasteiger partial charge >= 0.3 is 0 Å². The molecule has 0 N–H and O–H groups in total. The van der Waals surface area contributed by atoms with E-state index >= 15 is 0 Å². The average molecular weight is 305 g/mol. The molecule has 4 nitrogen and oxygen atoms in total. The lowest BCUT2D eigenvalue weighted by Gasteiger charge is -2.08. The smallest absolute Gasteiger partial charge is 0.141 e. The number of benzene rings is 2. The van der Waals surface area contributed by atoms with Crippen molar-refractivity contribution >= 4 is 11.0 Å². The zero-order valence-electron chi connectivity index (χ0n) is 13.6. The maximum Gasteiger partial charge on any atom is 0.141 e. The van der Waals surface area contributed by atoms with E-state index in [1.54, 1.807) is 7.11 Å². The number of aromatic nitrogens is 2. The van der Waals surface area contributed by atoms with Crippen LogP contribution in [0, 0.1) is 25.2 Å². The largest absolute Gasteiger partial charge is 0.497 e. The summed E-state index contributed by atoms with van der Waals surface area (Å²) >= 11 is 0. The van der Waals surface area contributed by atoms with Crippen molar-refractivity contribution in [3.8, 4) is 23.2 Å². The molecule has 0 aliphatic heterocycles. The molecule has 1 aromatic heterocycles. The molecule has 0 aliphatic rings. The SMILES string of the molecule is COc1ccc(-c2nc3cc(C)c(C)cc3n2CCC#N)cc1. The zero-order valence-corrected chi connectivity index (χ0v) is 13.6. The summed E-state index contributed by atoms with van der Waals surface area (Å²) in [6, 6.07) is 14.4. The number of nitrogens with zero attached hydrogens (tertiary/aromatic N) is 3. The summed E-state index contributed by atoms with van der Waals surface area (Å²) in [4.78, 5) is 4.81. The highest BCUT2D eigenvalue weighted by Gasteiger charge is 2.13. The van der Waals surface area contributed by atoms with Crippen LogP contribution in [-0.4, -0.2) is 16.7 Å². The number of imidazole rings is 1. The van der Waals surface area contributed by atoms with Gasteiger partial charge in [0.25, 0.3) is 0 Å². The van der Waals surface area contributed by atoms with Gasteiger partial charge in [-0.3, -0.25) is 0 Å². The minimum Gasteiger partial charge on any atom is -0.497 e. The van der Waals surface area contributed by atoms with E-state index in [4.69, 9.17) is 15.0 Å². The van der Waals surface area contributed by atoms with Crippen molar-refractivity contribution in [1.29, 1.82) is 5.26 Å². The lowest BCUT2D eigenvalue weighted by Crippen LogP contribution is -2.00. The fraction of sp³-hybridized carbons (Fsp3) is 0.263. The van der Waals surface area contributed by atoms with E-state index in [0.29, 0.717) is 13.0 Å². The third-order valence-electron chi connectivity index (χ3n) is 4.16. The molecule has 0 atom stereocenters. The van der Waals surface area contributed by atoms with Gasteiger partial charge in [-0.25, -0.2) is 4.98 Å². The average Bonchev–Trinajstić information content (AvgIpc) is 2.91. The number of nitriles is 1. The Morgan fingerprint density at radius 1 is 1.13 bits per heavy atom. The Balaban J connectivity index is 2.19. The Labute approximate surface area is 136 Å². The summed E-state index contributed by atoms with van der Waals surface area (Å²) < 4.78 is 7.35. The number of methoxy groups -OCH3 is 1. The van der Waals surface area contributed by atoms with E-state index in [9.17, 15) is 0 Å². The van der Waals surface area contributed by atoms with Crippen LogP contribution >= 0.6 is 0 Å². The molecule has 0 bridgehead atoms. The van der Waals surface area contributed by atoms with E-state index in [1.165, 1.54) is 11.1 Å². The molecule has 1 heterocycles. The molecule has 0 spiro atoms. The van der Waals surface area contributed by atoms with Gasteiger partial charge in [0.15, 0.2) is 0 Å². The molecular weight excluding hydrogens is 286 g/mol. The fourth-order valence-corrected chi connectivity index (χ4v) is 2.73. The first kappa shape index (κ1) is 15.1. The molecule has 2 aromatic carbocycles. The number of aryl methyl sites for hydroxylation is 3. The highest BCUT2D eigenvalue weighted by atomic mass is 16.5. The van der Waals surface area contributed by atoms with Gasteiger partial charge in [0.05, 0.1) is 30.6 Å². The Kier molecular flexibility index (Phi) is 4.03. The summed E-state index contributed by atoms with van der Waals surface area (Å²) in [6.45, 7) is 4.83. The van der Waals surface area contributed by atoms with Gasteiger partial charge in [0, 0.05) is 12.1 Å². The van der Waals surface area contributed by atoms with Crippen LogP contribution in [0.1, 0.15) is 17.5 Å². The molecular formula is C19H19N3O. The van der Waals surface area contributed by atoms with Gasteiger partial charge in [0.1, 0.15) is 11.6 Å². The molecule has 0 fully saturated rings. The number of ether oxygens (including phenoxy) is 1. The molecule has 3 aromatic rings. The Morgan fingerprint density at radius 3 is 2.48 bits per heavy atom. The van der Waals surface area contributed by atoms with Crippen molar-refractivity contribution in [1.82, 2.24) is 9.55 Å². The first-order valence-corrected chi connectivity index (χ1v) is 7.63. The first-order chi connectivity index (χ1) is 11.1. The molecule has 23 heavy (non-hydrogen) atoms. The lowest BCUT2D eigenvalue weighted by molar-refractivity contribution is 0.415. The van der Waals surface area contributed by atoms with Crippen LogP contribution in [0.3, 0.4) is 0 Å². The normalized spacial score (nSPS) is 10.7. The van der Waals surface area contributed by atoms with Crippen LogP contribution in [0.2, 0.25) is 0 Å². The second-order valence-electron chi connectivity index (χ2n) is 5.65. The van der Waals surface area contributed by atoms with Crippen LogP contribution in [0.4, 0.5) is 0 Å². The van der Waals surface area contributed by atoms with Crippen molar-refractivity contribution in [3.05, 3.63) is 47.5 Å². The van der Waals surface area contributed by atoms with Gasteiger partial charge in [-0.2, -0.15) is 5.26 Å². The van der Waals surface area contributed by atoms with Crippen LogP contribution < -0.4 is 4.74 Å². The van der Waals surface area contributed by atoms with Crippen molar-refractivity contribution < 1.29 is 4.74 Å². The number of hydrogen-bond acceptors (Lipinski definition) is 3. The molecule has 0 amide bonds. The maximum absolute atomic E-state index is 8.97.